The summed E-state index contributed by atoms with van der Waals surface area (Å²) in [5, 5.41) is 18.5. The van der Waals surface area contributed by atoms with Crippen LogP contribution in [0, 0.1) is 0 Å². The number of ether oxygens (including phenoxy) is 1. The Morgan fingerprint density at radius 3 is 2.36 bits per heavy atom. The number of hydrogen-bond acceptors (Lipinski definition) is 6. The van der Waals surface area contributed by atoms with Crippen molar-refractivity contribution in [3.63, 3.8) is 0 Å². The van der Waals surface area contributed by atoms with Crippen LogP contribution in [-0.4, -0.2) is 56.9 Å². The van der Waals surface area contributed by atoms with Crippen molar-refractivity contribution < 1.29 is 45.8 Å². The van der Waals surface area contributed by atoms with E-state index in [1.54, 1.807) is 0 Å². The second-order valence-electron chi connectivity index (χ2n) is 8.78. The van der Waals surface area contributed by atoms with Gasteiger partial charge in [0.05, 0.1) is 24.8 Å². The number of nitrogens with zero attached hydrogens (tertiary/aromatic N) is 3. The van der Waals surface area contributed by atoms with Gasteiger partial charge < -0.3 is 20.5 Å². The molecule has 2 atom stereocenters. The first kappa shape index (κ1) is 32.5. The van der Waals surface area contributed by atoms with Crippen molar-refractivity contribution in [1.29, 1.82) is 0 Å². The molecule has 0 aliphatic heterocycles. The quantitative estimate of drug-likeness (QED) is 0.294. The number of aliphatic hydroxyl groups is 1. The van der Waals surface area contributed by atoms with Gasteiger partial charge in [-0.05, 0) is 48.9 Å². The summed E-state index contributed by atoms with van der Waals surface area (Å²) < 4.78 is 84.9. The topological polar surface area (TPSA) is 127 Å². The van der Waals surface area contributed by atoms with Crippen molar-refractivity contribution in [2.45, 2.75) is 44.5 Å². The molecule has 2 aromatic carbocycles. The summed E-state index contributed by atoms with van der Waals surface area (Å²) >= 11 is 5.85. The first-order valence-corrected chi connectivity index (χ1v) is 12.5. The smallest absolute Gasteiger partial charge is 0.416 e. The Morgan fingerprint density at radius 1 is 1.10 bits per heavy atom. The summed E-state index contributed by atoms with van der Waals surface area (Å²) in [6.07, 6.45) is -13.6. The van der Waals surface area contributed by atoms with E-state index in [4.69, 9.17) is 16.3 Å². The lowest BCUT2D eigenvalue weighted by atomic mass is 10.0. The standard InChI is InChI=1S/C25H24ClF6N5O5/c1-2-42-22(40)33-11-18(15-4-3-5-16(10-15)24(27,28)29)34-20(39)13-37-23(41)36(12-19(38)25(30,31)32)21(35-37)14-6-8-17(26)9-7-14/h3-10,18-19,38H,2,11-13H2,1H3,(H,33,40)(H,34,39). The van der Waals surface area contributed by atoms with Crippen LogP contribution < -0.4 is 16.3 Å². The number of halogens is 7. The van der Waals surface area contributed by atoms with Crippen LogP contribution in [0.25, 0.3) is 11.4 Å². The fourth-order valence-corrected chi connectivity index (χ4v) is 3.85. The molecule has 2 amide bonds. The van der Waals surface area contributed by atoms with Gasteiger partial charge >= 0.3 is 24.1 Å². The van der Waals surface area contributed by atoms with Gasteiger partial charge in [0, 0.05) is 17.1 Å². The van der Waals surface area contributed by atoms with Gasteiger partial charge in [0.2, 0.25) is 5.91 Å². The molecule has 1 heterocycles. The molecule has 0 saturated heterocycles. The van der Waals surface area contributed by atoms with Crippen molar-refractivity contribution in [1.82, 2.24) is 25.0 Å². The fraction of sp³-hybridized carbons (Fsp3) is 0.360. The van der Waals surface area contributed by atoms with Gasteiger partial charge in [0.15, 0.2) is 11.9 Å². The molecule has 0 saturated carbocycles. The summed E-state index contributed by atoms with van der Waals surface area (Å²) in [7, 11) is 0. The first-order valence-electron chi connectivity index (χ1n) is 12.2. The molecule has 0 fully saturated rings. The van der Waals surface area contributed by atoms with Crippen molar-refractivity contribution in [2.24, 2.45) is 0 Å². The van der Waals surface area contributed by atoms with Crippen molar-refractivity contribution in [2.75, 3.05) is 13.2 Å². The predicted octanol–water partition coefficient (Wildman–Crippen LogP) is 3.91. The third-order valence-corrected chi connectivity index (χ3v) is 5.98. The third kappa shape index (κ3) is 8.48. The maximum Gasteiger partial charge on any atom is 0.416 e. The van der Waals surface area contributed by atoms with E-state index in [-0.39, 0.29) is 28.6 Å². The number of amides is 2. The van der Waals surface area contributed by atoms with E-state index in [0.29, 0.717) is 9.25 Å². The molecule has 0 bridgehead atoms. The van der Waals surface area contributed by atoms with E-state index >= 15 is 0 Å². The summed E-state index contributed by atoms with van der Waals surface area (Å²) in [5.74, 6) is -1.29. The zero-order valence-electron chi connectivity index (χ0n) is 21.7. The van der Waals surface area contributed by atoms with E-state index in [0.717, 1.165) is 18.2 Å². The van der Waals surface area contributed by atoms with Crippen molar-refractivity contribution >= 4 is 23.6 Å². The molecule has 3 rings (SSSR count). The highest BCUT2D eigenvalue weighted by Crippen LogP contribution is 2.31. The number of rotatable bonds is 10. The van der Waals surface area contributed by atoms with Crippen LogP contribution in [0.3, 0.4) is 0 Å². The molecule has 228 valence electrons. The fourth-order valence-electron chi connectivity index (χ4n) is 3.73. The van der Waals surface area contributed by atoms with E-state index in [2.05, 4.69) is 15.7 Å². The highest BCUT2D eigenvalue weighted by atomic mass is 35.5. The Kier molecular flexibility index (Phi) is 10.3. The average Bonchev–Trinajstić information content (AvgIpc) is 3.20. The van der Waals surface area contributed by atoms with Gasteiger partial charge in [-0.15, -0.1) is 5.10 Å². The molecule has 1 aromatic heterocycles. The molecule has 0 radical (unpaired) electrons. The van der Waals surface area contributed by atoms with E-state index in [1.165, 1.54) is 37.3 Å². The Morgan fingerprint density at radius 2 is 1.76 bits per heavy atom. The molecule has 0 aliphatic carbocycles. The molecule has 0 spiro atoms. The van der Waals surface area contributed by atoms with Crippen LogP contribution in [-0.2, 0) is 28.8 Å². The minimum atomic E-state index is -5.07. The van der Waals surface area contributed by atoms with Crippen LogP contribution in [0.2, 0.25) is 5.02 Å². The number of benzene rings is 2. The van der Waals surface area contributed by atoms with E-state index in [1.807, 2.05) is 0 Å². The monoisotopic (exact) mass is 623 g/mol. The average molecular weight is 624 g/mol. The zero-order valence-corrected chi connectivity index (χ0v) is 22.4. The molecule has 0 aliphatic rings. The second-order valence-corrected chi connectivity index (χ2v) is 9.22. The predicted molar refractivity (Wildman–Crippen MR) is 136 cm³/mol. The molecule has 17 heteroatoms. The summed E-state index contributed by atoms with van der Waals surface area (Å²) in [6.45, 7) is -1.00. The van der Waals surface area contributed by atoms with Crippen LogP contribution in [0.15, 0.2) is 53.3 Å². The Bertz CT molecular complexity index is 1460. The Balaban J connectivity index is 1.93. The number of alkyl halides is 6. The number of aromatic nitrogens is 3. The van der Waals surface area contributed by atoms with Gasteiger partial charge in [-0.1, -0.05) is 23.7 Å². The molecular weight excluding hydrogens is 600 g/mol. The van der Waals surface area contributed by atoms with Crippen LogP contribution in [0.5, 0.6) is 0 Å². The normalized spacial score (nSPS) is 13.4. The first-order chi connectivity index (χ1) is 19.6. The number of carbonyl (C=O) groups excluding carboxylic acids is 2. The SMILES string of the molecule is CCOC(=O)NCC(NC(=O)Cn1nc(-c2ccc(Cl)cc2)n(CC(O)C(F)(F)F)c1=O)c1cccc(C(F)(F)F)c1. The third-order valence-electron chi connectivity index (χ3n) is 5.73. The van der Waals surface area contributed by atoms with Crippen LogP contribution in [0.4, 0.5) is 31.1 Å². The summed E-state index contributed by atoms with van der Waals surface area (Å²) in [6, 6.07) is 8.16. The zero-order chi connectivity index (χ0) is 31.2. The number of alkyl carbamates (subject to hydrolysis) is 1. The van der Waals surface area contributed by atoms with Crippen molar-refractivity contribution in [3.05, 3.63) is 75.2 Å². The minimum Gasteiger partial charge on any atom is -0.450 e. The maximum absolute atomic E-state index is 13.3. The molecule has 3 aromatic rings. The van der Waals surface area contributed by atoms with Gasteiger partial charge in [-0.2, -0.15) is 26.3 Å². The maximum atomic E-state index is 13.3. The van der Waals surface area contributed by atoms with Gasteiger partial charge in [-0.3, -0.25) is 9.36 Å². The van der Waals surface area contributed by atoms with Gasteiger partial charge in [0.1, 0.15) is 6.54 Å². The Labute approximate surface area is 238 Å². The largest absolute Gasteiger partial charge is 0.450 e. The number of aliphatic hydroxyl groups excluding tert-OH is 1. The lowest BCUT2D eigenvalue weighted by molar-refractivity contribution is -0.207. The number of nitrogens with one attached hydrogen (secondary N) is 2. The highest BCUT2D eigenvalue weighted by Gasteiger charge is 2.39. The number of hydrogen-bond donors (Lipinski definition) is 3. The lowest BCUT2D eigenvalue weighted by Crippen LogP contribution is -2.41. The molecule has 10 nitrogen and oxygen atoms in total. The van der Waals surface area contributed by atoms with E-state index < -0.39 is 67.4 Å². The van der Waals surface area contributed by atoms with Crippen LogP contribution in [0.1, 0.15) is 24.1 Å². The molecule has 2 unspecified atom stereocenters. The van der Waals surface area contributed by atoms with Gasteiger partial charge in [0.25, 0.3) is 0 Å². The number of carbonyl (C=O) groups is 2. The highest BCUT2D eigenvalue weighted by molar-refractivity contribution is 6.30. The van der Waals surface area contributed by atoms with E-state index in [9.17, 15) is 45.8 Å². The molecule has 3 N–H and O–H groups in total. The lowest BCUT2D eigenvalue weighted by Gasteiger charge is -2.21. The minimum absolute atomic E-state index is 0.00299. The summed E-state index contributed by atoms with van der Waals surface area (Å²) in [4.78, 5) is 37.7. The van der Waals surface area contributed by atoms with Gasteiger partial charge in [-0.25, -0.2) is 14.3 Å². The van der Waals surface area contributed by atoms with Crippen LogP contribution >= 0.6 is 11.6 Å². The second kappa shape index (κ2) is 13.3. The van der Waals surface area contributed by atoms with Crippen molar-refractivity contribution in [3.8, 4) is 11.4 Å². The Hall–Kier alpha value is -4.05. The molecular formula is C25H24ClF6N5O5. The molecule has 42 heavy (non-hydrogen) atoms. The summed E-state index contributed by atoms with van der Waals surface area (Å²) in [5.41, 5.74) is -2.12.